The Hall–Kier alpha value is -1.87. The number of nitrogens with zero attached hydrogens (tertiary/aromatic N) is 2. The van der Waals surface area contributed by atoms with Gasteiger partial charge in [-0.15, -0.1) is 0 Å². The van der Waals surface area contributed by atoms with Crippen molar-refractivity contribution in [2.75, 3.05) is 6.67 Å². The highest BCUT2D eigenvalue weighted by Gasteiger charge is 2.24. The van der Waals surface area contributed by atoms with Gasteiger partial charge in [-0.2, -0.15) is 0 Å². The number of hydrogen-bond acceptors (Lipinski definition) is 4. The zero-order chi connectivity index (χ0) is 18.6. The van der Waals surface area contributed by atoms with Gasteiger partial charge < -0.3 is 9.84 Å². The third-order valence-electron chi connectivity index (χ3n) is 3.10. The minimum atomic E-state index is -2.26. The largest absolute Gasteiger partial charge is 0.478 e. The van der Waals surface area contributed by atoms with Crippen molar-refractivity contribution in [3.8, 4) is 11.8 Å². The van der Waals surface area contributed by atoms with Crippen LogP contribution in [0, 0.1) is 0 Å². The fourth-order valence-corrected chi connectivity index (χ4v) is 2.70. The molecule has 10 heteroatoms. The summed E-state index contributed by atoms with van der Waals surface area (Å²) in [6, 6.07) is 2.33. The Balaban J connectivity index is 2.37. The topological polar surface area (TPSA) is 72.3 Å². The molecular formula is C15H11BrClF3N2O3. The monoisotopic (exact) mass is 438 g/mol. The molecule has 25 heavy (non-hydrogen) atoms. The van der Waals surface area contributed by atoms with E-state index in [1.807, 2.05) is 0 Å². The van der Waals surface area contributed by atoms with Gasteiger partial charge in [-0.25, -0.2) is 27.9 Å². The molecule has 0 aliphatic heterocycles. The van der Waals surface area contributed by atoms with E-state index in [9.17, 15) is 23.1 Å². The summed E-state index contributed by atoms with van der Waals surface area (Å²) in [5.41, 5.74) is -0.0376. The molecule has 0 aliphatic rings. The van der Waals surface area contributed by atoms with E-state index in [2.05, 4.69) is 25.9 Å². The van der Waals surface area contributed by atoms with E-state index in [0.717, 1.165) is 0 Å². The Morgan fingerprint density at radius 3 is 2.48 bits per heavy atom. The fraction of sp³-hybridized carbons (Fsp3) is 0.267. The molecule has 2 atom stereocenters. The van der Waals surface area contributed by atoms with E-state index >= 15 is 0 Å². The highest BCUT2D eigenvalue weighted by molar-refractivity contribution is 9.10. The standard InChI is InChI=1S/C15H11BrClF3N2O3/c16-9-1-7(2-10(19)11(20)4-18)3-12(13(9)14(23)24)25-15-21-5-8(17)6-22-15/h1,3,5-6,10-11H,2,4H2,(H,23,24). The van der Waals surface area contributed by atoms with Gasteiger partial charge in [0.15, 0.2) is 6.17 Å². The van der Waals surface area contributed by atoms with Crippen LogP contribution in [-0.2, 0) is 6.42 Å². The van der Waals surface area contributed by atoms with E-state index in [1.165, 1.54) is 24.5 Å². The van der Waals surface area contributed by atoms with Crippen molar-refractivity contribution in [3.63, 3.8) is 0 Å². The number of benzene rings is 1. The van der Waals surface area contributed by atoms with Gasteiger partial charge in [0.1, 0.15) is 24.2 Å². The van der Waals surface area contributed by atoms with Crippen LogP contribution < -0.4 is 4.74 Å². The first kappa shape index (κ1) is 19.5. The molecule has 0 radical (unpaired) electrons. The summed E-state index contributed by atoms with van der Waals surface area (Å²) in [7, 11) is 0. The molecule has 1 aromatic heterocycles. The van der Waals surface area contributed by atoms with Crippen molar-refractivity contribution in [2.45, 2.75) is 18.8 Å². The number of carboxylic acids is 1. The predicted molar refractivity (Wildman–Crippen MR) is 87.7 cm³/mol. The molecule has 1 N–H and O–H groups in total. The van der Waals surface area contributed by atoms with Crippen LogP contribution in [0.1, 0.15) is 15.9 Å². The third-order valence-corrected chi connectivity index (χ3v) is 3.92. The molecule has 2 unspecified atom stereocenters. The first-order chi connectivity index (χ1) is 11.8. The van der Waals surface area contributed by atoms with Gasteiger partial charge >= 0.3 is 12.0 Å². The second-order valence-corrected chi connectivity index (χ2v) is 6.22. The summed E-state index contributed by atoms with van der Waals surface area (Å²) in [5, 5.41) is 9.56. The lowest BCUT2D eigenvalue weighted by Crippen LogP contribution is -2.21. The van der Waals surface area contributed by atoms with Crippen LogP contribution in [0.15, 0.2) is 29.0 Å². The maximum absolute atomic E-state index is 13.6. The number of halogens is 5. The van der Waals surface area contributed by atoms with Gasteiger partial charge in [0.25, 0.3) is 0 Å². The van der Waals surface area contributed by atoms with Gasteiger partial charge in [-0.1, -0.05) is 11.6 Å². The summed E-state index contributed by atoms with van der Waals surface area (Å²) in [6.45, 7) is -1.45. The van der Waals surface area contributed by atoms with Crippen LogP contribution in [0.4, 0.5) is 13.2 Å². The number of ether oxygens (including phenoxy) is 1. The van der Waals surface area contributed by atoms with E-state index in [0.29, 0.717) is 0 Å². The van der Waals surface area contributed by atoms with Crippen molar-refractivity contribution < 1.29 is 27.8 Å². The number of aromatic carboxylic acids is 1. The van der Waals surface area contributed by atoms with Crippen LogP contribution in [0.25, 0.3) is 0 Å². The second-order valence-electron chi connectivity index (χ2n) is 4.93. The first-order valence-electron chi connectivity index (χ1n) is 6.87. The molecule has 0 aliphatic carbocycles. The minimum Gasteiger partial charge on any atom is -0.478 e. The first-order valence-corrected chi connectivity index (χ1v) is 8.04. The van der Waals surface area contributed by atoms with E-state index in [4.69, 9.17) is 16.3 Å². The molecule has 1 heterocycles. The highest BCUT2D eigenvalue weighted by Crippen LogP contribution is 2.32. The molecule has 0 amide bonds. The molecule has 0 spiro atoms. The van der Waals surface area contributed by atoms with Gasteiger partial charge in [-0.3, -0.25) is 0 Å². The Bertz CT molecular complexity index is 764. The predicted octanol–water partition coefficient (Wildman–Crippen LogP) is 4.57. The number of carbonyl (C=O) groups is 1. The maximum Gasteiger partial charge on any atom is 0.340 e. The Morgan fingerprint density at radius 2 is 1.92 bits per heavy atom. The summed E-state index contributed by atoms with van der Waals surface area (Å²) in [4.78, 5) is 19.0. The lowest BCUT2D eigenvalue weighted by molar-refractivity contribution is 0.0693. The summed E-state index contributed by atoms with van der Waals surface area (Å²) >= 11 is 8.71. The van der Waals surface area contributed by atoms with Crippen molar-refractivity contribution >= 4 is 33.5 Å². The molecule has 0 bridgehead atoms. The zero-order valence-corrected chi connectivity index (χ0v) is 14.8. The van der Waals surface area contributed by atoms with Crippen molar-refractivity contribution in [3.05, 3.63) is 45.1 Å². The SMILES string of the molecule is O=C(O)c1c(Br)cc(CC(F)C(F)CF)cc1Oc1ncc(Cl)cn1. The van der Waals surface area contributed by atoms with E-state index in [1.54, 1.807) is 0 Å². The molecule has 0 saturated heterocycles. The lowest BCUT2D eigenvalue weighted by atomic mass is 10.0. The van der Waals surface area contributed by atoms with Gasteiger partial charge in [0.05, 0.1) is 17.4 Å². The van der Waals surface area contributed by atoms with Crippen LogP contribution in [0.5, 0.6) is 11.8 Å². The molecule has 5 nitrogen and oxygen atoms in total. The van der Waals surface area contributed by atoms with Crippen LogP contribution in [0.3, 0.4) is 0 Å². The number of rotatable bonds is 7. The van der Waals surface area contributed by atoms with E-state index < -0.39 is 31.4 Å². The van der Waals surface area contributed by atoms with Crippen LogP contribution in [-0.4, -0.2) is 40.1 Å². The number of alkyl halides is 3. The Kier molecular flexibility index (Phi) is 6.60. The third kappa shape index (κ3) is 5.05. The number of aromatic nitrogens is 2. The number of carboxylic acid groups (broad SMARTS) is 1. The van der Waals surface area contributed by atoms with Gasteiger partial charge in [-0.05, 0) is 33.6 Å². The summed E-state index contributed by atoms with van der Waals surface area (Å²) in [5.74, 6) is -1.49. The normalized spacial score (nSPS) is 13.3. The second kappa shape index (κ2) is 8.48. The summed E-state index contributed by atoms with van der Waals surface area (Å²) in [6.07, 6.45) is -2.30. The maximum atomic E-state index is 13.6. The minimum absolute atomic E-state index is 0.0873. The van der Waals surface area contributed by atoms with E-state index in [-0.39, 0.29) is 32.4 Å². The van der Waals surface area contributed by atoms with Crippen molar-refractivity contribution in [2.24, 2.45) is 0 Å². The van der Waals surface area contributed by atoms with Gasteiger partial charge in [0, 0.05) is 10.9 Å². The molecule has 134 valence electrons. The Morgan fingerprint density at radius 1 is 1.28 bits per heavy atom. The Labute approximate surface area is 153 Å². The summed E-state index contributed by atoms with van der Waals surface area (Å²) < 4.78 is 44.4. The average molecular weight is 440 g/mol. The van der Waals surface area contributed by atoms with Crippen molar-refractivity contribution in [1.29, 1.82) is 0 Å². The smallest absolute Gasteiger partial charge is 0.340 e. The molecule has 0 saturated carbocycles. The quantitative estimate of drug-likeness (QED) is 0.684. The lowest BCUT2D eigenvalue weighted by Gasteiger charge is -2.14. The van der Waals surface area contributed by atoms with Gasteiger partial charge in [0.2, 0.25) is 0 Å². The molecular weight excluding hydrogens is 429 g/mol. The highest BCUT2D eigenvalue weighted by atomic mass is 79.9. The fourth-order valence-electron chi connectivity index (χ4n) is 1.94. The number of hydrogen-bond donors (Lipinski definition) is 1. The average Bonchev–Trinajstić information content (AvgIpc) is 2.55. The van der Waals surface area contributed by atoms with Crippen LogP contribution in [0.2, 0.25) is 5.02 Å². The van der Waals surface area contributed by atoms with Crippen molar-refractivity contribution in [1.82, 2.24) is 9.97 Å². The molecule has 2 aromatic rings. The van der Waals surface area contributed by atoms with Crippen LogP contribution >= 0.6 is 27.5 Å². The molecule has 2 rings (SSSR count). The molecule has 1 aromatic carbocycles. The zero-order valence-electron chi connectivity index (χ0n) is 12.4. The molecule has 0 fully saturated rings.